The zero-order valence-corrected chi connectivity index (χ0v) is 10.7. The van der Waals surface area contributed by atoms with Crippen LogP contribution in [0.2, 0.25) is 0 Å². The van der Waals surface area contributed by atoms with Crippen LogP contribution in [0.5, 0.6) is 0 Å². The second-order valence-electron chi connectivity index (χ2n) is 4.54. The Morgan fingerprint density at radius 2 is 2.18 bits per heavy atom. The summed E-state index contributed by atoms with van der Waals surface area (Å²) in [6.45, 7) is 6.86. The van der Waals surface area contributed by atoms with Gasteiger partial charge in [0.1, 0.15) is 0 Å². The predicted molar refractivity (Wildman–Crippen MR) is 67.9 cm³/mol. The van der Waals surface area contributed by atoms with Crippen molar-refractivity contribution in [3.63, 3.8) is 0 Å². The van der Waals surface area contributed by atoms with E-state index in [2.05, 4.69) is 5.32 Å². The molecule has 1 aromatic heterocycles. The third-order valence-corrected chi connectivity index (χ3v) is 2.55. The number of amides is 1. The molecule has 1 heterocycles. The molecule has 1 amide bonds. The summed E-state index contributed by atoms with van der Waals surface area (Å²) < 4.78 is 1.66. The molecule has 1 N–H and O–H groups in total. The van der Waals surface area contributed by atoms with Crippen LogP contribution in [0.3, 0.4) is 0 Å². The minimum atomic E-state index is 0.0112. The molecule has 0 unspecified atom stereocenters. The van der Waals surface area contributed by atoms with Crippen molar-refractivity contribution in [2.24, 2.45) is 5.92 Å². The van der Waals surface area contributed by atoms with Gasteiger partial charge in [0, 0.05) is 31.3 Å². The number of pyridine rings is 1. The Morgan fingerprint density at radius 3 is 2.76 bits per heavy atom. The number of hydrogen-bond donors (Lipinski definition) is 1. The molecule has 17 heavy (non-hydrogen) atoms. The van der Waals surface area contributed by atoms with Crippen molar-refractivity contribution in [2.75, 3.05) is 6.54 Å². The predicted octanol–water partition coefficient (Wildman–Crippen LogP) is 1.32. The van der Waals surface area contributed by atoms with Gasteiger partial charge in [0.25, 0.3) is 5.56 Å². The second kappa shape index (κ2) is 6.23. The Hall–Kier alpha value is -1.58. The van der Waals surface area contributed by atoms with Gasteiger partial charge in [-0.15, -0.1) is 0 Å². The standard InChI is InChI=1S/C13H20N2O2/c1-10(2)13(17)14-6-4-7-15-8-5-11(3)9-12(15)16/h5,8-10H,4,6-7H2,1-3H3,(H,14,17). The van der Waals surface area contributed by atoms with E-state index in [0.717, 1.165) is 12.0 Å². The molecule has 0 spiro atoms. The lowest BCUT2D eigenvalue weighted by Gasteiger charge is -2.08. The Morgan fingerprint density at radius 1 is 1.47 bits per heavy atom. The maximum Gasteiger partial charge on any atom is 0.250 e. The Labute approximate surface area is 102 Å². The van der Waals surface area contributed by atoms with E-state index in [1.54, 1.807) is 16.8 Å². The average molecular weight is 236 g/mol. The summed E-state index contributed by atoms with van der Waals surface area (Å²) >= 11 is 0. The molecule has 94 valence electrons. The van der Waals surface area contributed by atoms with E-state index < -0.39 is 0 Å². The Kier molecular flexibility index (Phi) is 4.94. The summed E-state index contributed by atoms with van der Waals surface area (Å²) in [4.78, 5) is 22.8. The normalized spacial score (nSPS) is 10.6. The molecule has 0 bridgehead atoms. The van der Waals surface area contributed by atoms with Crippen molar-refractivity contribution in [1.82, 2.24) is 9.88 Å². The first-order valence-electron chi connectivity index (χ1n) is 5.95. The number of nitrogens with zero attached hydrogens (tertiary/aromatic N) is 1. The topological polar surface area (TPSA) is 51.1 Å². The van der Waals surface area contributed by atoms with E-state index in [0.29, 0.717) is 13.1 Å². The molecule has 0 aromatic carbocycles. The first-order chi connectivity index (χ1) is 8.00. The van der Waals surface area contributed by atoms with Crippen molar-refractivity contribution in [3.8, 4) is 0 Å². The van der Waals surface area contributed by atoms with Gasteiger partial charge in [-0.1, -0.05) is 13.8 Å². The van der Waals surface area contributed by atoms with Crippen molar-refractivity contribution < 1.29 is 4.79 Å². The van der Waals surface area contributed by atoms with E-state index in [1.165, 1.54) is 0 Å². The molecule has 1 aromatic rings. The third-order valence-electron chi connectivity index (χ3n) is 2.55. The highest BCUT2D eigenvalue weighted by Gasteiger charge is 2.04. The van der Waals surface area contributed by atoms with Crippen LogP contribution in [0.15, 0.2) is 23.1 Å². The molecule has 0 aliphatic rings. The number of aryl methyl sites for hydroxylation is 2. The van der Waals surface area contributed by atoms with E-state index in [1.807, 2.05) is 26.8 Å². The van der Waals surface area contributed by atoms with Crippen molar-refractivity contribution in [1.29, 1.82) is 0 Å². The first kappa shape index (κ1) is 13.5. The van der Waals surface area contributed by atoms with Gasteiger partial charge in [-0.2, -0.15) is 0 Å². The summed E-state index contributed by atoms with van der Waals surface area (Å²) in [6, 6.07) is 3.53. The number of hydrogen-bond acceptors (Lipinski definition) is 2. The summed E-state index contributed by atoms with van der Waals surface area (Å²) in [6.07, 6.45) is 2.56. The molecule has 4 heteroatoms. The van der Waals surface area contributed by atoms with Gasteiger partial charge in [-0.05, 0) is 25.0 Å². The lowest BCUT2D eigenvalue weighted by molar-refractivity contribution is -0.123. The highest BCUT2D eigenvalue weighted by molar-refractivity contribution is 5.77. The lowest BCUT2D eigenvalue weighted by atomic mass is 10.2. The number of aromatic nitrogens is 1. The van der Waals surface area contributed by atoms with Gasteiger partial charge in [0.2, 0.25) is 5.91 Å². The largest absolute Gasteiger partial charge is 0.356 e. The van der Waals surface area contributed by atoms with Gasteiger partial charge in [-0.25, -0.2) is 0 Å². The quantitative estimate of drug-likeness (QED) is 0.784. The fourth-order valence-electron chi connectivity index (χ4n) is 1.46. The van der Waals surface area contributed by atoms with Gasteiger partial charge in [-0.3, -0.25) is 9.59 Å². The molecule has 0 radical (unpaired) electrons. The van der Waals surface area contributed by atoms with E-state index in [4.69, 9.17) is 0 Å². The Bertz CT molecular complexity index is 435. The van der Waals surface area contributed by atoms with Crippen LogP contribution < -0.4 is 10.9 Å². The van der Waals surface area contributed by atoms with Crippen molar-refractivity contribution >= 4 is 5.91 Å². The van der Waals surface area contributed by atoms with E-state index in [9.17, 15) is 9.59 Å². The summed E-state index contributed by atoms with van der Waals surface area (Å²) in [5.74, 6) is 0.0679. The lowest BCUT2D eigenvalue weighted by Crippen LogP contribution is -2.30. The molecule has 0 atom stereocenters. The van der Waals surface area contributed by atoms with Gasteiger partial charge < -0.3 is 9.88 Å². The van der Waals surface area contributed by atoms with Crippen LogP contribution in [0.4, 0.5) is 0 Å². The van der Waals surface area contributed by atoms with Crippen LogP contribution in [-0.2, 0) is 11.3 Å². The highest BCUT2D eigenvalue weighted by atomic mass is 16.1. The monoisotopic (exact) mass is 236 g/mol. The smallest absolute Gasteiger partial charge is 0.250 e. The summed E-state index contributed by atoms with van der Waals surface area (Å²) in [5.41, 5.74) is 0.986. The molecular formula is C13H20N2O2. The minimum absolute atomic E-state index is 0.0112. The first-order valence-corrected chi connectivity index (χ1v) is 5.95. The van der Waals surface area contributed by atoms with Crippen LogP contribution in [0.1, 0.15) is 25.8 Å². The molecular weight excluding hydrogens is 216 g/mol. The van der Waals surface area contributed by atoms with Gasteiger partial charge in [0.15, 0.2) is 0 Å². The molecule has 0 aliphatic heterocycles. The van der Waals surface area contributed by atoms with Crippen molar-refractivity contribution in [2.45, 2.75) is 33.7 Å². The van der Waals surface area contributed by atoms with Crippen LogP contribution in [-0.4, -0.2) is 17.0 Å². The van der Waals surface area contributed by atoms with Crippen LogP contribution in [0.25, 0.3) is 0 Å². The number of carbonyl (C=O) groups excluding carboxylic acids is 1. The molecule has 0 saturated heterocycles. The van der Waals surface area contributed by atoms with Crippen LogP contribution >= 0.6 is 0 Å². The summed E-state index contributed by atoms with van der Waals surface area (Å²) in [7, 11) is 0. The average Bonchev–Trinajstić information content (AvgIpc) is 2.26. The SMILES string of the molecule is Cc1ccn(CCCNC(=O)C(C)C)c(=O)c1. The maximum atomic E-state index is 11.6. The minimum Gasteiger partial charge on any atom is -0.356 e. The third kappa shape index (κ3) is 4.43. The fraction of sp³-hybridized carbons (Fsp3) is 0.538. The van der Waals surface area contributed by atoms with E-state index in [-0.39, 0.29) is 17.4 Å². The number of rotatable bonds is 5. The number of nitrogens with one attached hydrogen (secondary N) is 1. The van der Waals surface area contributed by atoms with Gasteiger partial charge >= 0.3 is 0 Å². The summed E-state index contributed by atoms with van der Waals surface area (Å²) in [5, 5.41) is 2.83. The molecule has 1 rings (SSSR count). The zero-order chi connectivity index (χ0) is 12.8. The van der Waals surface area contributed by atoms with E-state index >= 15 is 0 Å². The maximum absolute atomic E-state index is 11.6. The molecule has 4 nitrogen and oxygen atoms in total. The fourth-order valence-corrected chi connectivity index (χ4v) is 1.46. The van der Waals surface area contributed by atoms with Crippen molar-refractivity contribution in [3.05, 3.63) is 34.2 Å². The molecule has 0 aliphatic carbocycles. The number of carbonyl (C=O) groups is 1. The zero-order valence-electron chi connectivity index (χ0n) is 10.7. The van der Waals surface area contributed by atoms with Gasteiger partial charge in [0.05, 0.1) is 0 Å². The van der Waals surface area contributed by atoms with Crippen LogP contribution in [0, 0.1) is 12.8 Å². The molecule has 0 fully saturated rings. The Balaban J connectivity index is 2.36. The second-order valence-corrected chi connectivity index (χ2v) is 4.54. The highest BCUT2D eigenvalue weighted by Crippen LogP contribution is 1.94. The molecule has 0 saturated carbocycles.